The summed E-state index contributed by atoms with van der Waals surface area (Å²) in [5.41, 5.74) is 2.79. The SMILES string of the molecule is CCc1ccc2c(c1)c(=O)[nH]c1ccc(CC(=O)NC)cc12. The monoisotopic (exact) mass is 294 g/mol. The molecule has 0 atom stereocenters. The minimum atomic E-state index is -0.0724. The van der Waals surface area contributed by atoms with Gasteiger partial charge in [0, 0.05) is 23.3 Å². The third kappa shape index (κ3) is 2.48. The fourth-order valence-electron chi connectivity index (χ4n) is 2.73. The largest absolute Gasteiger partial charge is 0.359 e. The maximum Gasteiger partial charge on any atom is 0.256 e. The lowest BCUT2D eigenvalue weighted by atomic mass is 10.0. The molecule has 3 aromatic rings. The summed E-state index contributed by atoms with van der Waals surface area (Å²) in [6.07, 6.45) is 1.23. The number of benzene rings is 2. The average Bonchev–Trinajstić information content (AvgIpc) is 2.55. The van der Waals surface area contributed by atoms with E-state index in [9.17, 15) is 9.59 Å². The quantitative estimate of drug-likeness (QED) is 0.729. The van der Waals surface area contributed by atoms with Gasteiger partial charge in [0.25, 0.3) is 5.56 Å². The third-order valence-electron chi connectivity index (χ3n) is 4.00. The van der Waals surface area contributed by atoms with Gasteiger partial charge in [-0.15, -0.1) is 0 Å². The van der Waals surface area contributed by atoms with Crippen LogP contribution < -0.4 is 10.9 Å². The fraction of sp³-hybridized carbons (Fsp3) is 0.222. The van der Waals surface area contributed by atoms with Crippen LogP contribution in [0.1, 0.15) is 18.1 Å². The van der Waals surface area contributed by atoms with Crippen LogP contribution in [-0.2, 0) is 17.6 Å². The van der Waals surface area contributed by atoms with Crippen molar-refractivity contribution >= 4 is 27.6 Å². The second-order valence-corrected chi connectivity index (χ2v) is 5.42. The van der Waals surface area contributed by atoms with Gasteiger partial charge in [-0.2, -0.15) is 0 Å². The highest BCUT2D eigenvalue weighted by Gasteiger charge is 2.08. The van der Waals surface area contributed by atoms with Crippen molar-refractivity contribution in [2.24, 2.45) is 0 Å². The Morgan fingerprint density at radius 3 is 2.50 bits per heavy atom. The van der Waals surface area contributed by atoms with Gasteiger partial charge >= 0.3 is 0 Å². The molecule has 0 aliphatic carbocycles. The number of hydrogen-bond donors (Lipinski definition) is 2. The van der Waals surface area contributed by atoms with Crippen LogP contribution in [0.4, 0.5) is 0 Å². The number of aromatic amines is 1. The number of amides is 1. The summed E-state index contributed by atoms with van der Waals surface area (Å²) in [6, 6.07) is 11.7. The summed E-state index contributed by atoms with van der Waals surface area (Å²) in [6.45, 7) is 2.07. The molecule has 112 valence electrons. The molecule has 4 heteroatoms. The molecular formula is C18H18N2O2. The Morgan fingerprint density at radius 2 is 1.77 bits per heavy atom. The summed E-state index contributed by atoms with van der Waals surface area (Å²) in [4.78, 5) is 26.7. The molecule has 1 amide bonds. The van der Waals surface area contributed by atoms with E-state index < -0.39 is 0 Å². The molecule has 0 bridgehead atoms. The number of fused-ring (bicyclic) bond motifs is 3. The Balaban J connectivity index is 2.25. The lowest BCUT2D eigenvalue weighted by Gasteiger charge is -2.08. The van der Waals surface area contributed by atoms with Crippen molar-refractivity contribution in [2.75, 3.05) is 7.05 Å². The molecule has 0 fully saturated rings. The number of pyridine rings is 1. The number of likely N-dealkylation sites (N-methyl/N-ethyl adjacent to an activating group) is 1. The Kier molecular flexibility index (Phi) is 3.67. The molecular weight excluding hydrogens is 276 g/mol. The normalized spacial score (nSPS) is 11.0. The summed E-state index contributed by atoms with van der Waals surface area (Å²) in [5, 5.41) is 5.22. The number of rotatable bonds is 3. The van der Waals surface area contributed by atoms with E-state index in [2.05, 4.69) is 17.2 Å². The highest BCUT2D eigenvalue weighted by Crippen LogP contribution is 2.23. The molecule has 22 heavy (non-hydrogen) atoms. The zero-order valence-corrected chi connectivity index (χ0v) is 12.7. The van der Waals surface area contributed by atoms with Crippen molar-refractivity contribution in [1.82, 2.24) is 10.3 Å². The molecule has 1 heterocycles. The first-order valence-electron chi connectivity index (χ1n) is 7.40. The zero-order valence-electron chi connectivity index (χ0n) is 12.7. The second-order valence-electron chi connectivity index (χ2n) is 5.42. The van der Waals surface area contributed by atoms with E-state index in [1.165, 1.54) is 0 Å². The molecule has 0 unspecified atom stereocenters. The Labute approximate surface area is 128 Å². The molecule has 1 aromatic heterocycles. The van der Waals surface area contributed by atoms with Gasteiger partial charge in [0.1, 0.15) is 0 Å². The number of aryl methyl sites for hydroxylation is 1. The highest BCUT2D eigenvalue weighted by molar-refractivity contribution is 6.05. The minimum absolute atomic E-state index is 0.0265. The lowest BCUT2D eigenvalue weighted by Crippen LogP contribution is -2.19. The van der Waals surface area contributed by atoms with Crippen LogP contribution in [0.15, 0.2) is 41.2 Å². The number of hydrogen-bond acceptors (Lipinski definition) is 2. The number of aromatic nitrogens is 1. The molecule has 2 N–H and O–H groups in total. The molecule has 0 radical (unpaired) electrons. The molecule has 0 saturated heterocycles. The molecule has 0 saturated carbocycles. The average molecular weight is 294 g/mol. The highest BCUT2D eigenvalue weighted by atomic mass is 16.1. The van der Waals surface area contributed by atoms with E-state index >= 15 is 0 Å². The van der Waals surface area contributed by atoms with Crippen LogP contribution in [-0.4, -0.2) is 17.9 Å². The van der Waals surface area contributed by atoms with Gasteiger partial charge in [-0.1, -0.05) is 25.1 Å². The predicted octanol–water partition coefficient (Wildman–Crippen LogP) is 2.53. The van der Waals surface area contributed by atoms with Gasteiger partial charge < -0.3 is 10.3 Å². The summed E-state index contributed by atoms with van der Waals surface area (Å²) >= 11 is 0. The van der Waals surface area contributed by atoms with Crippen molar-refractivity contribution in [3.63, 3.8) is 0 Å². The third-order valence-corrected chi connectivity index (χ3v) is 4.00. The Hall–Kier alpha value is -2.62. The van der Waals surface area contributed by atoms with Gasteiger partial charge in [0.05, 0.1) is 6.42 Å². The molecule has 4 nitrogen and oxygen atoms in total. The van der Waals surface area contributed by atoms with Crippen molar-refractivity contribution in [2.45, 2.75) is 19.8 Å². The van der Waals surface area contributed by atoms with Crippen LogP contribution in [0.25, 0.3) is 21.7 Å². The fourth-order valence-corrected chi connectivity index (χ4v) is 2.73. The van der Waals surface area contributed by atoms with Crippen molar-refractivity contribution in [3.8, 4) is 0 Å². The van der Waals surface area contributed by atoms with Crippen molar-refractivity contribution in [1.29, 1.82) is 0 Å². The molecule has 3 rings (SSSR count). The maximum absolute atomic E-state index is 12.3. The summed E-state index contributed by atoms with van der Waals surface area (Å²) < 4.78 is 0. The maximum atomic E-state index is 12.3. The van der Waals surface area contributed by atoms with Crippen LogP contribution in [0, 0.1) is 0 Å². The predicted molar refractivity (Wildman–Crippen MR) is 89.2 cm³/mol. The summed E-state index contributed by atoms with van der Waals surface area (Å²) in [7, 11) is 1.63. The zero-order chi connectivity index (χ0) is 15.7. The van der Waals surface area contributed by atoms with Gasteiger partial charge in [0.15, 0.2) is 0 Å². The van der Waals surface area contributed by atoms with Gasteiger partial charge in [0.2, 0.25) is 5.91 Å². The number of carbonyl (C=O) groups is 1. The number of carbonyl (C=O) groups excluding carboxylic acids is 1. The Bertz CT molecular complexity index is 925. The van der Waals surface area contributed by atoms with Crippen molar-refractivity contribution in [3.05, 3.63) is 57.9 Å². The second kappa shape index (κ2) is 5.64. The molecule has 0 spiro atoms. The van der Waals surface area contributed by atoms with Gasteiger partial charge in [-0.3, -0.25) is 9.59 Å². The first kappa shape index (κ1) is 14.3. The van der Waals surface area contributed by atoms with Crippen molar-refractivity contribution < 1.29 is 4.79 Å². The molecule has 0 aliphatic rings. The van der Waals surface area contributed by atoms with E-state index in [0.29, 0.717) is 11.8 Å². The molecule has 2 aromatic carbocycles. The van der Waals surface area contributed by atoms with E-state index in [0.717, 1.165) is 33.8 Å². The first-order valence-corrected chi connectivity index (χ1v) is 7.40. The smallest absolute Gasteiger partial charge is 0.256 e. The Morgan fingerprint density at radius 1 is 1.05 bits per heavy atom. The van der Waals surface area contributed by atoms with E-state index in [4.69, 9.17) is 0 Å². The number of nitrogens with one attached hydrogen (secondary N) is 2. The van der Waals surface area contributed by atoms with Gasteiger partial charge in [-0.05, 0) is 41.1 Å². The first-order chi connectivity index (χ1) is 10.6. The van der Waals surface area contributed by atoms with E-state index in [-0.39, 0.29) is 11.5 Å². The topological polar surface area (TPSA) is 62.0 Å². The summed E-state index contributed by atoms with van der Waals surface area (Å²) in [5.74, 6) is -0.0265. The van der Waals surface area contributed by atoms with Crippen LogP contribution in [0.3, 0.4) is 0 Å². The lowest BCUT2D eigenvalue weighted by molar-refractivity contribution is -0.119. The van der Waals surface area contributed by atoms with Crippen LogP contribution in [0.5, 0.6) is 0 Å². The standard InChI is InChI=1S/C18H18N2O2/c1-3-11-4-6-13-14-9-12(10-17(21)19-2)5-7-16(14)20-18(22)15(13)8-11/h4-9H,3,10H2,1-2H3,(H,19,21)(H,20,22). The number of H-pyrrole nitrogens is 1. The van der Waals surface area contributed by atoms with Crippen LogP contribution >= 0.6 is 0 Å². The van der Waals surface area contributed by atoms with E-state index in [1.807, 2.05) is 36.4 Å². The molecule has 0 aliphatic heterocycles. The van der Waals surface area contributed by atoms with E-state index in [1.54, 1.807) is 7.05 Å². The van der Waals surface area contributed by atoms with Crippen LogP contribution in [0.2, 0.25) is 0 Å². The minimum Gasteiger partial charge on any atom is -0.359 e. The van der Waals surface area contributed by atoms with Gasteiger partial charge in [-0.25, -0.2) is 0 Å².